The maximum Gasteiger partial charge on any atom is 0.319 e. The van der Waals surface area contributed by atoms with Crippen molar-refractivity contribution in [3.8, 4) is 40.5 Å². The number of fused-ring (bicyclic) bond motifs is 1. The number of hydrogen-bond acceptors (Lipinski definition) is 9. The Morgan fingerprint density at radius 2 is 1.76 bits per heavy atom. The van der Waals surface area contributed by atoms with Gasteiger partial charge < -0.3 is 19.1 Å². The second kappa shape index (κ2) is 8.43. The van der Waals surface area contributed by atoms with Gasteiger partial charge in [-0.05, 0) is 12.5 Å². The molecule has 5 rings (SSSR count). The minimum absolute atomic E-state index is 0.00537. The van der Waals surface area contributed by atoms with Crippen LogP contribution in [0, 0.1) is 6.92 Å². The smallest absolute Gasteiger partial charge is 0.319 e. The van der Waals surface area contributed by atoms with Gasteiger partial charge in [0.15, 0.2) is 11.5 Å². The molecule has 5 aromatic rings. The predicted octanol–water partition coefficient (Wildman–Crippen LogP) is 2.76. The van der Waals surface area contributed by atoms with Crippen molar-refractivity contribution in [2.24, 2.45) is 7.05 Å². The van der Waals surface area contributed by atoms with E-state index in [-0.39, 0.29) is 11.9 Å². The van der Waals surface area contributed by atoms with Crippen LogP contribution in [0.2, 0.25) is 0 Å². The number of ether oxygens (including phenoxy) is 2. The first-order chi connectivity index (χ1) is 16.5. The van der Waals surface area contributed by atoms with Crippen molar-refractivity contribution < 1.29 is 14.6 Å². The lowest BCUT2D eigenvalue weighted by molar-refractivity contribution is 0.352. The van der Waals surface area contributed by atoms with Gasteiger partial charge in [0.1, 0.15) is 11.4 Å². The molecule has 0 fully saturated rings. The van der Waals surface area contributed by atoms with E-state index in [2.05, 4.69) is 25.0 Å². The van der Waals surface area contributed by atoms with E-state index in [1.165, 1.54) is 14.2 Å². The fourth-order valence-corrected chi connectivity index (χ4v) is 3.77. The van der Waals surface area contributed by atoms with E-state index in [9.17, 15) is 5.11 Å². The molecule has 11 heteroatoms. The first-order valence-electron chi connectivity index (χ1n) is 10.4. The fourth-order valence-electron chi connectivity index (χ4n) is 3.77. The van der Waals surface area contributed by atoms with Crippen LogP contribution >= 0.6 is 0 Å². The molecule has 34 heavy (non-hydrogen) atoms. The molecule has 0 radical (unpaired) electrons. The molecule has 0 saturated heterocycles. The third-order valence-electron chi connectivity index (χ3n) is 5.42. The highest BCUT2D eigenvalue weighted by Crippen LogP contribution is 2.30. The molecule has 4 aromatic heterocycles. The van der Waals surface area contributed by atoms with Crippen molar-refractivity contribution >= 4 is 11.0 Å². The van der Waals surface area contributed by atoms with Gasteiger partial charge in [-0.1, -0.05) is 24.3 Å². The summed E-state index contributed by atoms with van der Waals surface area (Å²) < 4.78 is 14.2. The molecule has 0 atom stereocenters. The number of benzene rings is 1. The summed E-state index contributed by atoms with van der Waals surface area (Å²) in [6.45, 7) is 2.34. The first-order valence-corrected chi connectivity index (χ1v) is 10.4. The molecule has 172 valence electrons. The average Bonchev–Trinajstić information content (AvgIpc) is 3.40. The van der Waals surface area contributed by atoms with E-state index >= 15 is 0 Å². The number of aromatic nitrogens is 8. The Morgan fingerprint density at radius 1 is 0.971 bits per heavy atom. The Bertz CT molecular complexity index is 1490. The summed E-state index contributed by atoms with van der Waals surface area (Å²) in [6.07, 6.45) is 5.03. The molecule has 0 aliphatic carbocycles. The zero-order valence-electron chi connectivity index (χ0n) is 19.1. The molecule has 4 heterocycles. The van der Waals surface area contributed by atoms with Crippen molar-refractivity contribution in [1.82, 2.24) is 39.3 Å². The van der Waals surface area contributed by atoms with Crippen molar-refractivity contribution in [3.63, 3.8) is 0 Å². The molecule has 0 aliphatic heterocycles. The minimum atomic E-state index is -0.00537. The molecule has 1 aromatic carbocycles. The molecule has 1 N–H and O–H groups in total. The third-order valence-corrected chi connectivity index (χ3v) is 5.42. The van der Waals surface area contributed by atoms with Gasteiger partial charge in [0, 0.05) is 18.8 Å². The lowest BCUT2D eigenvalue weighted by atomic mass is 10.1. The number of imidazole rings is 1. The monoisotopic (exact) mass is 458 g/mol. The third kappa shape index (κ3) is 3.76. The Labute approximate surface area is 194 Å². The number of aryl methyl sites for hydroxylation is 2. The zero-order chi connectivity index (χ0) is 23.8. The predicted molar refractivity (Wildman–Crippen MR) is 124 cm³/mol. The van der Waals surface area contributed by atoms with Crippen molar-refractivity contribution in [3.05, 3.63) is 54.1 Å². The standard InChI is InChI=1S/C23H22N8O3/c1-13-18(22(33-3)29-23(26-13)34-4)19-24-9-16-10-25-31(21(16)28-19)11-14-5-7-15(8-6-14)20-27-17(32)12-30(20)2/h5-10,12,32H,11H2,1-4H3. The molecular weight excluding hydrogens is 436 g/mol. The lowest BCUT2D eigenvalue weighted by Crippen LogP contribution is -2.05. The molecule has 0 amide bonds. The maximum atomic E-state index is 9.63. The van der Waals surface area contributed by atoms with Crippen LogP contribution in [0.25, 0.3) is 33.8 Å². The highest BCUT2D eigenvalue weighted by molar-refractivity contribution is 5.77. The number of aromatic hydroxyl groups is 1. The van der Waals surface area contributed by atoms with Gasteiger partial charge in [-0.15, -0.1) is 0 Å². The van der Waals surface area contributed by atoms with Gasteiger partial charge in [-0.2, -0.15) is 20.1 Å². The summed E-state index contributed by atoms with van der Waals surface area (Å²) in [7, 11) is 4.87. The molecule has 0 aliphatic rings. The second-order valence-corrected chi connectivity index (χ2v) is 7.69. The summed E-state index contributed by atoms with van der Waals surface area (Å²) >= 11 is 0. The zero-order valence-corrected chi connectivity index (χ0v) is 19.1. The van der Waals surface area contributed by atoms with E-state index in [0.717, 1.165) is 16.5 Å². The van der Waals surface area contributed by atoms with Gasteiger partial charge in [-0.3, -0.25) is 0 Å². The molecule has 0 unspecified atom stereocenters. The highest BCUT2D eigenvalue weighted by Gasteiger charge is 2.19. The normalized spacial score (nSPS) is 11.2. The Morgan fingerprint density at radius 3 is 2.44 bits per heavy atom. The maximum absolute atomic E-state index is 9.63. The van der Waals surface area contributed by atoms with Crippen molar-refractivity contribution in [1.29, 1.82) is 0 Å². The fraction of sp³-hybridized carbons (Fsp3) is 0.217. The van der Waals surface area contributed by atoms with Crippen LogP contribution in [0.15, 0.2) is 42.9 Å². The molecule has 0 saturated carbocycles. The quantitative estimate of drug-likeness (QED) is 0.409. The number of nitrogens with zero attached hydrogens (tertiary/aromatic N) is 8. The summed E-state index contributed by atoms with van der Waals surface area (Å²) in [4.78, 5) is 22.0. The summed E-state index contributed by atoms with van der Waals surface area (Å²) in [5.41, 5.74) is 3.86. The summed E-state index contributed by atoms with van der Waals surface area (Å²) in [5.74, 6) is 1.47. The van der Waals surface area contributed by atoms with Crippen molar-refractivity contribution in [2.75, 3.05) is 14.2 Å². The first kappa shape index (κ1) is 21.3. The van der Waals surface area contributed by atoms with Gasteiger partial charge in [0.2, 0.25) is 11.8 Å². The number of rotatable bonds is 6. The van der Waals surface area contributed by atoms with Crippen LogP contribution in [0.5, 0.6) is 17.8 Å². The van der Waals surface area contributed by atoms with Crippen LogP contribution < -0.4 is 9.47 Å². The Kier molecular flexibility index (Phi) is 5.28. The van der Waals surface area contributed by atoms with Gasteiger partial charge >= 0.3 is 6.01 Å². The van der Waals surface area contributed by atoms with Crippen LogP contribution in [0.4, 0.5) is 0 Å². The minimum Gasteiger partial charge on any atom is -0.492 e. The molecule has 0 bridgehead atoms. The van der Waals surface area contributed by atoms with Gasteiger partial charge in [0.25, 0.3) is 0 Å². The lowest BCUT2D eigenvalue weighted by Gasteiger charge is -2.11. The Balaban J connectivity index is 1.48. The van der Waals surface area contributed by atoms with E-state index in [1.807, 2.05) is 42.9 Å². The number of methoxy groups -OCH3 is 2. The molecule has 0 spiro atoms. The van der Waals surface area contributed by atoms with E-state index in [0.29, 0.717) is 41.0 Å². The van der Waals surface area contributed by atoms with Crippen LogP contribution in [0.1, 0.15) is 11.3 Å². The van der Waals surface area contributed by atoms with Gasteiger partial charge in [0.05, 0.1) is 44.2 Å². The second-order valence-electron chi connectivity index (χ2n) is 7.69. The van der Waals surface area contributed by atoms with Crippen LogP contribution in [-0.4, -0.2) is 58.6 Å². The summed E-state index contributed by atoms with van der Waals surface area (Å²) in [5, 5.41) is 14.9. The summed E-state index contributed by atoms with van der Waals surface area (Å²) in [6, 6.07) is 8.15. The topological polar surface area (TPSA) is 126 Å². The average molecular weight is 458 g/mol. The Hall–Kier alpha value is -4.54. The van der Waals surface area contributed by atoms with Gasteiger partial charge in [-0.25, -0.2) is 14.6 Å². The van der Waals surface area contributed by atoms with Crippen LogP contribution in [0.3, 0.4) is 0 Å². The number of hydrogen-bond donors (Lipinski definition) is 1. The van der Waals surface area contributed by atoms with Crippen molar-refractivity contribution in [2.45, 2.75) is 13.5 Å². The largest absolute Gasteiger partial charge is 0.492 e. The molecule has 11 nitrogen and oxygen atoms in total. The van der Waals surface area contributed by atoms with E-state index in [1.54, 1.807) is 23.2 Å². The van der Waals surface area contributed by atoms with Crippen LogP contribution in [-0.2, 0) is 13.6 Å². The highest BCUT2D eigenvalue weighted by atomic mass is 16.5. The van der Waals surface area contributed by atoms with E-state index < -0.39 is 0 Å². The molecular formula is C23H22N8O3. The van der Waals surface area contributed by atoms with E-state index in [4.69, 9.17) is 14.5 Å². The SMILES string of the molecule is COc1nc(C)c(-c2ncc3cnn(Cc4ccc(-c5nc(O)cn5C)cc4)c3n2)c(OC)n1.